The lowest BCUT2D eigenvalue weighted by molar-refractivity contribution is 0.458. The molecule has 0 aromatic heterocycles. The maximum atomic E-state index is 5.81. The number of hydrogen-bond acceptors (Lipinski definition) is 3. The Kier molecular flexibility index (Phi) is 4.69. The van der Waals surface area contributed by atoms with Gasteiger partial charge in [-0.1, -0.05) is 24.3 Å². The Morgan fingerprint density at radius 2 is 1.83 bits per heavy atom. The van der Waals surface area contributed by atoms with Crippen LogP contribution in [0.1, 0.15) is 5.56 Å². The highest BCUT2D eigenvalue weighted by atomic mass is 31.1. The molecule has 0 saturated carbocycles. The molecule has 1 unspecified atom stereocenters. The molecule has 0 N–H and O–H groups in total. The van der Waals surface area contributed by atoms with E-state index in [4.69, 9.17) is 9.26 Å². The van der Waals surface area contributed by atoms with Crippen LogP contribution >= 0.6 is 18.0 Å². The first-order valence-corrected chi connectivity index (χ1v) is 6.68. The second-order valence-corrected chi connectivity index (χ2v) is 4.92. The van der Waals surface area contributed by atoms with Gasteiger partial charge in [0.1, 0.15) is 5.75 Å². The van der Waals surface area contributed by atoms with Crippen LogP contribution in [-0.4, -0.2) is 0 Å². The van der Waals surface area contributed by atoms with Crippen molar-refractivity contribution >= 4 is 18.0 Å². The molecular formula is C13H13NO2P2. The Morgan fingerprint density at radius 3 is 2.56 bits per heavy atom. The summed E-state index contributed by atoms with van der Waals surface area (Å²) in [5.74, 6) is 2.15. The predicted octanol–water partition coefficient (Wildman–Crippen LogP) is 5.00. The van der Waals surface area contributed by atoms with Crippen molar-refractivity contribution in [3.63, 3.8) is 0 Å². The van der Waals surface area contributed by atoms with Gasteiger partial charge in [-0.15, -0.1) is 0 Å². The summed E-state index contributed by atoms with van der Waals surface area (Å²) in [5.41, 5.74) is 1.16. The Morgan fingerprint density at radius 1 is 1.06 bits per heavy atom. The maximum absolute atomic E-state index is 5.81. The van der Waals surface area contributed by atoms with Gasteiger partial charge in [0.15, 0.2) is 11.5 Å². The standard InChI is InChI=1S/C13H13NO2P2/c1-10-5-4-6-11(9-10)15-12-7-2-3-8-13(12)16-18-14-17/h2-9H,17H2,1H3. The van der Waals surface area contributed by atoms with Gasteiger partial charge in [0.25, 0.3) is 0 Å². The van der Waals surface area contributed by atoms with Crippen molar-refractivity contribution in [2.45, 2.75) is 6.92 Å². The van der Waals surface area contributed by atoms with Gasteiger partial charge < -0.3 is 9.26 Å². The molecule has 1 atom stereocenters. The molecule has 2 aromatic rings. The van der Waals surface area contributed by atoms with Crippen molar-refractivity contribution in [3.8, 4) is 17.2 Å². The SMILES string of the molecule is Cc1cccc(Oc2ccccc2OP=NP)c1. The fourth-order valence-corrected chi connectivity index (χ4v) is 1.91. The number of nitrogens with zero attached hydrogens (tertiary/aromatic N) is 1. The van der Waals surface area contributed by atoms with Crippen LogP contribution in [0.5, 0.6) is 17.2 Å². The van der Waals surface area contributed by atoms with Crippen molar-refractivity contribution in [1.29, 1.82) is 0 Å². The fraction of sp³-hybridized carbons (Fsp3) is 0.0769. The van der Waals surface area contributed by atoms with Gasteiger partial charge in [-0.25, -0.2) is 4.52 Å². The van der Waals surface area contributed by atoms with Crippen LogP contribution in [0.3, 0.4) is 0 Å². The van der Waals surface area contributed by atoms with Gasteiger partial charge in [0, 0.05) is 0 Å². The zero-order valence-electron chi connectivity index (χ0n) is 9.91. The molecule has 0 fully saturated rings. The van der Waals surface area contributed by atoms with E-state index in [2.05, 4.69) is 13.9 Å². The summed E-state index contributed by atoms with van der Waals surface area (Å²) in [5, 5.41) is 0. The highest BCUT2D eigenvalue weighted by Crippen LogP contribution is 2.33. The Hall–Kier alpha value is -1.43. The van der Waals surface area contributed by atoms with E-state index in [1.807, 2.05) is 55.5 Å². The van der Waals surface area contributed by atoms with Gasteiger partial charge in [-0.2, -0.15) is 0 Å². The molecular weight excluding hydrogens is 264 g/mol. The second kappa shape index (κ2) is 6.49. The minimum atomic E-state index is 0.526. The smallest absolute Gasteiger partial charge is 0.245 e. The minimum Gasteiger partial charge on any atom is -0.453 e. The van der Waals surface area contributed by atoms with E-state index in [1.165, 1.54) is 0 Å². The summed E-state index contributed by atoms with van der Waals surface area (Å²) >= 11 is 0. The first-order valence-electron chi connectivity index (χ1n) is 5.40. The number of hydrogen-bond donors (Lipinski definition) is 0. The zero-order chi connectivity index (χ0) is 12.8. The van der Waals surface area contributed by atoms with Crippen molar-refractivity contribution in [3.05, 3.63) is 54.1 Å². The summed E-state index contributed by atoms with van der Waals surface area (Å²) in [4.78, 5) is 0. The fourth-order valence-electron chi connectivity index (χ4n) is 1.48. The minimum absolute atomic E-state index is 0.526. The van der Waals surface area contributed by atoms with Crippen LogP contribution in [0, 0.1) is 6.92 Å². The van der Waals surface area contributed by atoms with Gasteiger partial charge in [-0.3, -0.25) is 0 Å². The van der Waals surface area contributed by atoms with E-state index >= 15 is 0 Å². The van der Waals surface area contributed by atoms with Crippen LogP contribution in [-0.2, 0) is 0 Å². The molecule has 0 heterocycles. The average Bonchev–Trinajstić information content (AvgIpc) is 2.38. The number of benzene rings is 2. The predicted molar refractivity (Wildman–Crippen MR) is 77.4 cm³/mol. The molecule has 0 bridgehead atoms. The molecule has 3 nitrogen and oxygen atoms in total. The van der Waals surface area contributed by atoms with E-state index in [0.717, 1.165) is 11.3 Å². The van der Waals surface area contributed by atoms with Crippen molar-refractivity contribution in [2.24, 2.45) is 4.52 Å². The molecule has 92 valence electrons. The molecule has 0 saturated heterocycles. The zero-order valence-corrected chi connectivity index (χ0v) is 12.0. The molecule has 0 aliphatic carbocycles. The lowest BCUT2D eigenvalue weighted by Crippen LogP contribution is -1.87. The Bertz CT molecular complexity index is 558. The Labute approximate surface area is 110 Å². The monoisotopic (exact) mass is 277 g/mol. The normalized spacial score (nSPS) is 10.6. The molecule has 5 heteroatoms. The summed E-state index contributed by atoms with van der Waals surface area (Å²) in [6.07, 6.45) is 0. The molecule has 0 radical (unpaired) electrons. The maximum Gasteiger partial charge on any atom is 0.245 e. The van der Waals surface area contributed by atoms with E-state index in [9.17, 15) is 0 Å². The quantitative estimate of drug-likeness (QED) is 0.736. The van der Waals surface area contributed by atoms with Gasteiger partial charge in [0.2, 0.25) is 8.60 Å². The van der Waals surface area contributed by atoms with Crippen LogP contribution in [0.4, 0.5) is 0 Å². The Balaban J connectivity index is 2.23. The topological polar surface area (TPSA) is 30.8 Å². The number of para-hydroxylation sites is 2. The van der Waals surface area contributed by atoms with Gasteiger partial charge >= 0.3 is 0 Å². The molecule has 2 rings (SSSR count). The third-order valence-electron chi connectivity index (χ3n) is 2.25. The van der Waals surface area contributed by atoms with Gasteiger partial charge in [-0.05, 0) is 46.1 Å². The highest BCUT2D eigenvalue weighted by Gasteiger charge is 2.05. The molecule has 0 spiro atoms. The molecule has 18 heavy (non-hydrogen) atoms. The second-order valence-electron chi connectivity index (χ2n) is 3.65. The van der Waals surface area contributed by atoms with E-state index in [1.54, 1.807) is 0 Å². The first kappa shape index (κ1) is 13.0. The first-order chi connectivity index (χ1) is 8.79. The lowest BCUT2D eigenvalue weighted by atomic mass is 10.2. The average molecular weight is 277 g/mol. The van der Waals surface area contributed by atoms with E-state index in [-0.39, 0.29) is 0 Å². The van der Waals surface area contributed by atoms with E-state index in [0.29, 0.717) is 20.1 Å². The number of rotatable bonds is 4. The third kappa shape index (κ3) is 3.53. The molecule has 0 amide bonds. The third-order valence-corrected chi connectivity index (χ3v) is 2.91. The largest absolute Gasteiger partial charge is 0.453 e. The molecule has 0 aliphatic heterocycles. The summed E-state index contributed by atoms with van der Waals surface area (Å²) in [6.45, 7) is 2.03. The van der Waals surface area contributed by atoms with Crippen molar-refractivity contribution in [1.82, 2.24) is 0 Å². The summed E-state index contributed by atoms with van der Waals surface area (Å²) in [7, 11) is 2.78. The molecule has 2 aromatic carbocycles. The lowest BCUT2D eigenvalue weighted by Gasteiger charge is -2.09. The summed E-state index contributed by atoms with van der Waals surface area (Å²) in [6, 6.07) is 15.4. The van der Waals surface area contributed by atoms with Crippen LogP contribution in [0.2, 0.25) is 0 Å². The number of aryl methyl sites for hydroxylation is 1. The number of ether oxygens (including phenoxy) is 1. The van der Waals surface area contributed by atoms with Crippen molar-refractivity contribution in [2.75, 3.05) is 0 Å². The summed E-state index contributed by atoms with van der Waals surface area (Å²) < 4.78 is 15.1. The van der Waals surface area contributed by atoms with Crippen LogP contribution < -0.4 is 9.26 Å². The highest BCUT2D eigenvalue weighted by molar-refractivity contribution is 7.31. The van der Waals surface area contributed by atoms with E-state index < -0.39 is 0 Å². The van der Waals surface area contributed by atoms with Crippen molar-refractivity contribution < 1.29 is 9.26 Å². The molecule has 0 aliphatic rings. The van der Waals surface area contributed by atoms with Crippen LogP contribution in [0.15, 0.2) is 53.0 Å². The van der Waals surface area contributed by atoms with Crippen LogP contribution in [0.25, 0.3) is 0 Å². The van der Waals surface area contributed by atoms with Gasteiger partial charge in [0.05, 0.1) is 0 Å².